The van der Waals surface area contributed by atoms with Gasteiger partial charge >= 0.3 is 0 Å². The summed E-state index contributed by atoms with van der Waals surface area (Å²) in [6, 6.07) is 5.17. The van der Waals surface area contributed by atoms with Crippen LogP contribution in [0.3, 0.4) is 0 Å². The number of methoxy groups -OCH3 is 1. The summed E-state index contributed by atoms with van der Waals surface area (Å²) in [5.74, 6) is 0.936. The Morgan fingerprint density at radius 1 is 1.19 bits per heavy atom. The predicted molar refractivity (Wildman–Crippen MR) is 116 cm³/mol. The molecule has 0 amide bonds. The van der Waals surface area contributed by atoms with E-state index in [0.717, 1.165) is 44.7 Å². The van der Waals surface area contributed by atoms with E-state index < -0.39 is 16.8 Å². The molecule has 7 aliphatic rings. The van der Waals surface area contributed by atoms with Gasteiger partial charge < -0.3 is 19.7 Å². The van der Waals surface area contributed by atoms with Crippen molar-refractivity contribution in [3.8, 4) is 11.5 Å². The second-order valence-electron chi connectivity index (χ2n) is 12.1. The van der Waals surface area contributed by atoms with Crippen molar-refractivity contribution < 1.29 is 19.7 Å². The van der Waals surface area contributed by atoms with E-state index in [9.17, 15) is 10.2 Å². The van der Waals surface area contributed by atoms with Crippen molar-refractivity contribution in [2.24, 2.45) is 11.3 Å². The molecule has 5 fully saturated rings. The molecule has 1 aromatic carbocycles. The van der Waals surface area contributed by atoms with Crippen LogP contribution in [0.25, 0.3) is 0 Å². The lowest BCUT2D eigenvalue weighted by Gasteiger charge is -2.78. The molecule has 4 bridgehead atoms. The molecule has 4 saturated carbocycles. The average molecular weight is 426 g/mol. The minimum atomic E-state index is -0.868. The zero-order valence-electron chi connectivity index (χ0n) is 19.2. The van der Waals surface area contributed by atoms with Crippen molar-refractivity contribution >= 4 is 0 Å². The van der Waals surface area contributed by atoms with Crippen LogP contribution >= 0.6 is 0 Å². The molecular formula is C26H35NO4. The highest BCUT2D eigenvalue weighted by atomic mass is 16.6. The number of ether oxygens (including phenoxy) is 2. The number of aliphatic hydroxyl groups is 1. The molecular weight excluding hydrogens is 390 g/mol. The topological polar surface area (TPSA) is 62.2 Å². The molecule has 5 heteroatoms. The highest BCUT2D eigenvalue weighted by Gasteiger charge is 2.86. The lowest BCUT2D eigenvalue weighted by Crippen LogP contribution is -2.87. The third kappa shape index (κ3) is 1.76. The Morgan fingerprint density at radius 2 is 1.97 bits per heavy atom. The summed E-state index contributed by atoms with van der Waals surface area (Å²) in [4.78, 5) is 2.83. The number of phenolic OH excluding ortho intramolecular Hbond substituents is 1. The maximum absolute atomic E-state index is 11.4. The largest absolute Gasteiger partial charge is 0.504 e. The fourth-order valence-corrected chi connectivity index (χ4v) is 9.82. The molecule has 6 atom stereocenters. The van der Waals surface area contributed by atoms with Crippen molar-refractivity contribution in [2.45, 2.75) is 100 Å². The first-order valence-electron chi connectivity index (χ1n) is 12.2. The zero-order chi connectivity index (χ0) is 21.6. The Labute approximate surface area is 184 Å². The third-order valence-corrected chi connectivity index (χ3v) is 10.9. The Balaban J connectivity index is 1.57. The van der Waals surface area contributed by atoms with Gasteiger partial charge in [-0.1, -0.05) is 6.07 Å². The van der Waals surface area contributed by atoms with Crippen LogP contribution in [0, 0.1) is 11.3 Å². The van der Waals surface area contributed by atoms with Crippen molar-refractivity contribution in [1.29, 1.82) is 0 Å². The van der Waals surface area contributed by atoms with E-state index in [0.29, 0.717) is 11.8 Å². The SMILES string of the molecule is COC12CC[C@@]3(C[C@@H]1C(C)(C)O)[C@H]1Cc4ccc(O)c5c4[C@@]3(CCN1C1CC1)[C@]2(C)O5. The standard InChI is InChI=1S/C26H35NO4/c1-22(2,29)18-14-24-9-10-26(18,30-4)23(3)25(24)11-12-27(16-6-7-16)19(24)13-15-5-8-17(28)21(31-23)20(15)25/h5,8,16,18-19,28-29H,6-7,9-14H2,1-4H3/t18-,19-,23+,24-,25+,26?/m1/s1. The second-order valence-corrected chi connectivity index (χ2v) is 12.1. The molecule has 2 spiro atoms. The quantitative estimate of drug-likeness (QED) is 0.776. The number of benzene rings is 1. The summed E-state index contributed by atoms with van der Waals surface area (Å²) < 4.78 is 13.4. The molecule has 1 unspecified atom stereocenters. The smallest absolute Gasteiger partial charge is 0.166 e. The Bertz CT molecular complexity index is 998. The minimum Gasteiger partial charge on any atom is -0.504 e. The van der Waals surface area contributed by atoms with E-state index in [-0.39, 0.29) is 22.5 Å². The first-order valence-corrected chi connectivity index (χ1v) is 12.2. The molecule has 1 aromatic rings. The number of piperidine rings is 1. The van der Waals surface area contributed by atoms with Gasteiger partial charge in [-0.25, -0.2) is 0 Å². The molecule has 31 heavy (non-hydrogen) atoms. The normalized spacial score (nSPS) is 47.3. The Kier molecular flexibility index (Phi) is 3.26. The van der Waals surface area contributed by atoms with E-state index in [4.69, 9.17) is 9.47 Å². The number of phenols is 1. The van der Waals surface area contributed by atoms with Gasteiger partial charge in [0.15, 0.2) is 11.5 Å². The van der Waals surface area contributed by atoms with Crippen LogP contribution in [0.2, 0.25) is 0 Å². The molecule has 2 aliphatic heterocycles. The van der Waals surface area contributed by atoms with Crippen LogP contribution in [0.4, 0.5) is 0 Å². The van der Waals surface area contributed by atoms with Gasteiger partial charge in [0, 0.05) is 36.1 Å². The molecule has 2 N–H and O–H groups in total. The molecule has 1 saturated heterocycles. The number of likely N-dealkylation sites (tertiary alicyclic amines) is 1. The minimum absolute atomic E-state index is 0.0171. The molecule has 8 rings (SSSR count). The monoisotopic (exact) mass is 425 g/mol. The third-order valence-electron chi connectivity index (χ3n) is 10.9. The van der Waals surface area contributed by atoms with Crippen LogP contribution in [0.1, 0.15) is 70.4 Å². The van der Waals surface area contributed by atoms with Gasteiger partial charge in [0.05, 0.1) is 11.0 Å². The Hall–Kier alpha value is -1.30. The number of aromatic hydroxyl groups is 1. The van der Waals surface area contributed by atoms with Gasteiger partial charge in [-0.05, 0) is 83.9 Å². The number of fused-ring (bicyclic) bond motifs is 2. The molecule has 5 aliphatic carbocycles. The van der Waals surface area contributed by atoms with Crippen LogP contribution in [0.5, 0.6) is 11.5 Å². The summed E-state index contributed by atoms with van der Waals surface area (Å²) >= 11 is 0. The van der Waals surface area contributed by atoms with Crippen LogP contribution in [-0.2, 0) is 16.6 Å². The number of hydrogen-bond acceptors (Lipinski definition) is 5. The molecule has 0 aromatic heterocycles. The van der Waals surface area contributed by atoms with Crippen LogP contribution in [0.15, 0.2) is 12.1 Å². The number of hydrogen-bond donors (Lipinski definition) is 2. The maximum Gasteiger partial charge on any atom is 0.166 e. The summed E-state index contributed by atoms with van der Waals surface area (Å²) in [5.41, 5.74) is 0.438. The van der Waals surface area contributed by atoms with Gasteiger partial charge in [-0.15, -0.1) is 0 Å². The van der Waals surface area contributed by atoms with Crippen LogP contribution < -0.4 is 4.74 Å². The van der Waals surface area contributed by atoms with Gasteiger partial charge in [-0.3, -0.25) is 4.90 Å². The zero-order valence-corrected chi connectivity index (χ0v) is 19.2. The molecule has 168 valence electrons. The fraction of sp³-hybridized carbons (Fsp3) is 0.769. The van der Waals surface area contributed by atoms with Crippen LogP contribution in [-0.4, -0.2) is 57.7 Å². The first-order chi connectivity index (χ1) is 14.7. The molecule has 5 nitrogen and oxygen atoms in total. The lowest BCUT2D eigenvalue weighted by atomic mass is 9.30. The van der Waals surface area contributed by atoms with E-state index >= 15 is 0 Å². The van der Waals surface area contributed by atoms with Gasteiger partial charge in [0.25, 0.3) is 0 Å². The first kappa shape index (κ1) is 19.2. The molecule has 0 radical (unpaired) electrons. The highest BCUT2D eigenvalue weighted by Crippen LogP contribution is 2.81. The summed E-state index contributed by atoms with van der Waals surface area (Å²) in [5, 5.41) is 22.4. The maximum atomic E-state index is 11.4. The average Bonchev–Trinajstić information content (AvgIpc) is 3.50. The van der Waals surface area contributed by atoms with Gasteiger partial charge in [-0.2, -0.15) is 0 Å². The van der Waals surface area contributed by atoms with E-state index in [1.807, 2.05) is 27.0 Å². The van der Waals surface area contributed by atoms with Gasteiger partial charge in [0.1, 0.15) is 11.2 Å². The second kappa shape index (κ2) is 5.26. The fourth-order valence-electron chi connectivity index (χ4n) is 9.82. The number of nitrogens with zero attached hydrogens (tertiary/aromatic N) is 1. The van der Waals surface area contributed by atoms with Crippen molar-refractivity contribution in [3.63, 3.8) is 0 Å². The predicted octanol–water partition coefficient (Wildman–Crippen LogP) is 3.53. The van der Waals surface area contributed by atoms with E-state index in [1.165, 1.54) is 24.0 Å². The van der Waals surface area contributed by atoms with Gasteiger partial charge in [0.2, 0.25) is 0 Å². The molecule has 2 heterocycles. The van der Waals surface area contributed by atoms with Crippen molar-refractivity contribution in [2.75, 3.05) is 13.7 Å². The Morgan fingerprint density at radius 3 is 2.65 bits per heavy atom. The van der Waals surface area contributed by atoms with Crippen molar-refractivity contribution in [3.05, 3.63) is 23.3 Å². The summed E-state index contributed by atoms with van der Waals surface area (Å²) in [7, 11) is 1.81. The van der Waals surface area contributed by atoms with E-state index in [1.54, 1.807) is 0 Å². The highest BCUT2D eigenvalue weighted by molar-refractivity contribution is 5.65. The number of rotatable bonds is 3. The van der Waals surface area contributed by atoms with E-state index in [2.05, 4.69) is 17.9 Å². The van der Waals surface area contributed by atoms with Crippen molar-refractivity contribution in [1.82, 2.24) is 4.90 Å². The summed E-state index contributed by atoms with van der Waals surface area (Å²) in [6.45, 7) is 7.25. The lowest BCUT2D eigenvalue weighted by molar-refractivity contribution is -0.336. The summed E-state index contributed by atoms with van der Waals surface area (Å²) in [6.07, 6.45) is 7.68.